The summed E-state index contributed by atoms with van der Waals surface area (Å²) in [7, 11) is 3.18. The Morgan fingerprint density at radius 2 is 1.51 bits per heavy atom. The van der Waals surface area contributed by atoms with E-state index in [9.17, 15) is 44.5 Å². The number of nitro groups is 2. The van der Waals surface area contributed by atoms with E-state index in [4.69, 9.17) is 9.47 Å². The molecule has 5 rings (SSSR count). The molecule has 2 amide bonds. The summed E-state index contributed by atoms with van der Waals surface area (Å²) in [5.41, 5.74) is 0.853. The van der Waals surface area contributed by atoms with E-state index < -0.39 is 45.7 Å². The SMILES string of the molecule is CC1C(SN2C[C@@H](C(=O)OCc3ccc([N+](=O)[O-])cc3)C[C@H]2C(=O)N(C)C)=C(C(=O)OCc2ccc([N+](=O)[O-])cc2)N2C(=O)[C@@H](CCO)[C@H]12. The summed E-state index contributed by atoms with van der Waals surface area (Å²) in [6, 6.07) is 9.92. The molecular formula is C32H35N5O11S. The number of aliphatic hydroxyl groups is 1. The lowest BCUT2D eigenvalue weighted by Gasteiger charge is -2.45. The lowest BCUT2D eigenvalue weighted by molar-refractivity contribution is -0.385. The average molecular weight is 698 g/mol. The molecule has 0 saturated carbocycles. The third-order valence-corrected chi connectivity index (χ3v) is 10.3. The second kappa shape index (κ2) is 14.7. The first-order chi connectivity index (χ1) is 23.3. The highest BCUT2D eigenvalue weighted by Gasteiger charge is 2.59. The van der Waals surface area contributed by atoms with Gasteiger partial charge in [0.1, 0.15) is 25.0 Å². The Balaban J connectivity index is 1.36. The predicted molar refractivity (Wildman–Crippen MR) is 173 cm³/mol. The standard InChI is InChI=1S/C32H35N5O11S/c1-18-26-24(12-13-38)29(39)35(26)27(32(42)48-17-20-6-10-23(11-7-20)37(45)46)28(18)49-34-15-21(14-25(34)30(40)33(2)3)31(41)47-16-19-4-8-22(9-5-19)36(43)44/h4-11,18,21,24-26,38H,12-17H2,1-3H3/t18?,21-,24-,25-,26-/m0/s1. The van der Waals surface area contributed by atoms with E-state index in [0.29, 0.717) is 16.0 Å². The second-order valence-electron chi connectivity index (χ2n) is 12.2. The van der Waals surface area contributed by atoms with Gasteiger partial charge in [0.05, 0.1) is 27.7 Å². The Labute approximate surface area is 285 Å². The van der Waals surface area contributed by atoms with Crippen LogP contribution in [0.3, 0.4) is 0 Å². The minimum atomic E-state index is -0.792. The molecule has 0 radical (unpaired) electrons. The number of benzene rings is 2. The van der Waals surface area contributed by atoms with Gasteiger partial charge >= 0.3 is 11.9 Å². The molecule has 49 heavy (non-hydrogen) atoms. The number of nitro benzene ring substituents is 2. The molecule has 1 unspecified atom stereocenters. The summed E-state index contributed by atoms with van der Waals surface area (Å²) in [4.78, 5) is 77.6. The largest absolute Gasteiger partial charge is 0.461 e. The topological polar surface area (TPSA) is 203 Å². The molecule has 1 N–H and O–H groups in total. The number of likely N-dealkylation sites (N-methyl/N-ethyl adjacent to an activating group) is 1. The summed E-state index contributed by atoms with van der Waals surface area (Å²) in [5, 5.41) is 31.5. The number of aliphatic hydroxyl groups excluding tert-OH is 1. The number of carbonyl (C=O) groups is 4. The Bertz CT molecular complexity index is 1680. The fraction of sp³-hybridized carbons (Fsp3) is 0.438. The van der Waals surface area contributed by atoms with Crippen molar-refractivity contribution in [2.75, 3.05) is 27.2 Å². The van der Waals surface area contributed by atoms with Crippen LogP contribution in [0.25, 0.3) is 0 Å². The van der Waals surface area contributed by atoms with Crippen LogP contribution in [0.4, 0.5) is 11.4 Å². The number of β-lactam (4-membered cyclic amide) rings is 1. The molecule has 3 aliphatic heterocycles. The number of hydrogen-bond donors (Lipinski definition) is 1. The van der Waals surface area contributed by atoms with Crippen molar-refractivity contribution in [2.45, 2.75) is 45.1 Å². The van der Waals surface area contributed by atoms with Crippen molar-refractivity contribution >= 4 is 47.1 Å². The number of hydrogen-bond acceptors (Lipinski definition) is 13. The summed E-state index contributed by atoms with van der Waals surface area (Å²) >= 11 is 1.11. The molecule has 3 heterocycles. The number of non-ortho nitro benzene ring substituents is 2. The number of rotatable bonds is 13. The van der Waals surface area contributed by atoms with Crippen molar-refractivity contribution in [1.29, 1.82) is 0 Å². The van der Waals surface area contributed by atoms with Crippen LogP contribution in [0.15, 0.2) is 59.1 Å². The van der Waals surface area contributed by atoms with Crippen LogP contribution >= 0.6 is 11.9 Å². The first kappa shape index (κ1) is 35.4. The number of carbonyl (C=O) groups excluding carboxylic acids is 4. The lowest BCUT2D eigenvalue weighted by Crippen LogP contribution is -2.60. The van der Waals surface area contributed by atoms with Crippen LogP contribution in [0.1, 0.15) is 30.9 Å². The minimum absolute atomic E-state index is 0.0175. The molecule has 16 nitrogen and oxygen atoms in total. The molecule has 17 heteroatoms. The smallest absolute Gasteiger partial charge is 0.356 e. The normalized spacial score (nSPS) is 23.1. The van der Waals surface area contributed by atoms with Crippen molar-refractivity contribution in [2.24, 2.45) is 17.8 Å². The molecule has 0 aromatic heterocycles. The minimum Gasteiger partial charge on any atom is -0.461 e. The Morgan fingerprint density at radius 1 is 0.959 bits per heavy atom. The number of ether oxygens (including phenoxy) is 2. The van der Waals surface area contributed by atoms with E-state index in [2.05, 4.69) is 0 Å². The van der Waals surface area contributed by atoms with Gasteiger partial charge in [-0.05, 0) is 60.2 Å². The molecule has 0 aliphatic carbocycles. The zero-order valence-electron chi connectivity index (χ0n) is 26.9. The number of esters is 2. The Hall–Kier alpha value is -4.87. The summed E-state index contributed by atoms with van der Waals surface area (Å²) in [6.07, 6.45) is 0.339. The number of fused-ring (bicyclic) bond motifs is 1. The highest BCUT2D eigenvalue weighted by molar-refractivity contribution is 8.01. The maximum atomic E-state index is 13.6. The molecule has 0 bridgehead atoms. The monoisotopic (exact) mass is 697 g/mol. The fourth-order valence-electron chi connectivity index (χ4n) is 6.29. The molecule has 2 saturated heterocycles. The highest BCUT2D eigenvalue weighted by atomic mass is 32.2. The van der Waals surface area contributed by atoms with Crippen LogP contribution < -0.4 is 0 Å². The Kier molecular flexibility index (Phi) is 10.6. The predicted octanol–water partition coefficient (Wildman–Crippen LogP) is 2.79. The van der Waals surface area contributed by atoms with Crippen molar-refractivity contribution in [1.82, 2.24) is 14.1 Å². The highest BCUT2D eigenvalue weighted by Crippen LogP contribution is 2.52. The maximum absolute atomic E-state index is 13.6. The maximum Gasteiger partial charge on any atom is 0.356 e. The van der Waals surface area contributed by atoms with Crippen molar-refractivity contribution in [3.8, 4) is 0 Å². The van der Waals surface area contributed by atoms with Gasteiger partial charge in [0.15, 0.2) is 0 Å². The third kappa shape index (κ3) is 7.28. The van der Waals surface area contributed by atoms with Crippen molar-refractivity contribution in [3.05, 3.63) is 90.5 Å². The van der Waals surface area contributed by atoms with E-state index in [1.807, 2.05) is 6.92 Å². The van der Waals surface area contributed by atoms with E-state index >= 15 is 0 Å². The average Bonchev–Trinajstić information content (AvgIpc) is 3.62. The first-order valence-corrected chi connectivity index (χ1v) is 16.2. The molecule has 260 valence electrons. The molecule has 2 aromatic carbocycles. The van der Waals surface area contributed by atoms with Crippen molar-refractivity contribution < 1.29 is 43.6 Å². The zero-order valence-corrected chi connectivity index (χ0v) is 27.7. The second-order valence-corrected chi connectivity index (χ2v) is 13.3. The summed E-state index contributed by atoms with van der Waals surface area (Å²) < 4.78 is 12.8. The number of amides is 2. The number of nitrogens with zero attached hydrogens (tertiary/aromatic N) is 5. The van der Waals surface area contributed by atoms with Crippen LogP contribution in [0.5, 0.6) is 0 Å². The van der Waals surface area contributed by atoms with E-state index in [1.165, 1.54) is 58.3 Å². The van der Waals surface area contributed by atoms with Gasteiger partial charge in [-0.25, -0.2) is 9.10 Å². The van der Waals surface area contributed by atoms with Gasteiger partial charge in [-0.15, -0.1) is 0 Å². The zero-order chi connectivity index (χ0) is 35.6. The lowest BCUT2D eigenvalue weighted by atomic mass is 9.80. The summed E-state index contributed by atoms with van der Waals surface area (Å²) in [6.45, 7) is 1.39. The Morgan fingerprint density at radius 3 is 2.02 bits per heavy atom. The van der Waals surface area contributed by atoms with Gasteiger partial charge in [0.2, 0.25) is 11.8 Å². The third-order valence-electron chi connectivity index (χ3n) is 8.87. The summed E-state index contributed by atoms with van der Waals surface area (Å²) in [5.74, 6) is -3.56. The van der Waals surface area contributed by atoms with Gasteiger partial charge in [0.25, 0.3) is 11.4 Å². The first-order valence-electron chi connectivity index (χ1n) is 15.5. The van der Waals surface area contributed by atoms with Gasteiger partial charge in [0, 0.05) is 62.3 Å². The van der Waals surface area contributed by atoms with Crippen LogP contribution in [0.2, 0.25) is 0 Å². The van der Waals surface area contributed by atoms with Crippen molar-refractivity contribution in [3.63, 3.8) is 0 Å². The van der Waals surface area contributed by atoms with E-state index in [1.54, 1.807) is 18.4 Å². The quantitative estimate of drug-likeness (QED) is 0.105. The molecule has 0 spiro atoms. The van der Waals surface area contributed by atoms with Crippen LogP contribution in [-0.2, 0) is 41.9 Å². The van der Waals surface area contributed by atoms with Gasteiger partial charge in [-0.2, -0.15) is 0 Å². The molecule has 2 fully saturated rings. The molecule has 3 aliphatic rings. The van der Waals surface area contributed by atoms with Crippen LogP contribution in [0, 0.1) is 38.0 Å². The van der Waals surface area contributed by atoms with E-state index in [-0.39, 0.29) is 74.0 Å². The molecule has 5 atom stereocenters. The fourth-order valence-corrected chi connectivity index (χ4v) is 7.68. The molecule has 2 aromatic rings. The van der Waals surface area contributed by atoms with Gasteiger partial charge in [-0.3, -0.25) is 34.6 Å². The van der Waals surface area contributed by atoms with Gasteiger partial charge < -0.3 is 24.4 Å². The van der Waals surface area contributed by atoms with Crippen LogP contribution in [-0.4, -0.2) is 92.1 Å². The van der Waals surface area contributed by atoms with Gasteiger partial charge in [-0.1, -0.05) is 6.92 Å². The van der Waals surface area contributed by atoms with E-state index in [0.717, 1.165) is 11.9 Å². The molecular weight excluding hydrogens is 662 g/mol.